The van der Waals surface area contributed by atoms with Gasteiger partial charge in [-0.25, -0.2) is 4.98 Å². The highest BCUT2D eigenvalue weighted by atomic mass is 32.1. The van der Waals surface area contributed by atoms with Crippen LogP contribution in [0.5, 0.6) is 0 Å². The Morgan fingerprint density at radius 1 is 1.45 bits per heavy atom. The molecule has 20 heavy (non-hydrogen) atoms. The molecule has 8 heteroatoms. The molecule has 0 aromatic carbocycles. The normalized spacial score (nSPS) is 20.5. The quantitative estimate of drug-likeness (QED) is 0.877. The number of likely N-dealkylation sites (tertiary alicyclic amines) is 1. The van der Waals surface area contributed by atoms with Gasteiger partial charge >= 0.3 is 6.18 Å². The van der Waals surface area contributed by atoms with E-state index in [4.69, 9.17) is 0 Å². The number of nitrogens with one attached hydrogen (secondary N) is 1. The first-order chi connectivity index (χ1) is 9.46. The number of rotatable bonds is 6. The van der Waals surface area contributed by atoms with Crippen LogP contribution in [0.25, 0.3) is 0 Å². The fraction of sp³-hybridized carbons (Fsp3) is 0.833. The summed E-state index contributed by atoms with van der Waals surface area (Å²) >= 11 is 1.32. The molecule has 1 aliphatic rings. The Bertz CT molecular complexity index is 421. The molecule has 0 amide bonds. The smallest absolute Gasteiger partial charge is 0.360 e. The summed E-state index contributed by atoms with van der Waals surface area (Å²) in [6.07, 6.45) is -1.44. The maximum Gasteiger partial charge on any atom is 0.401 e. The van der Waals surface area contributed by atoms with Crippen molar-refractivity contribution in [2.75, 3.05) is 31.5 Å². The molecule has 1 N–H and O–H groups in total. The molecule has 1 atom stereocenters. The van der Waals surface area contributed by atoms with Gasteiger partial charge in [0.15, 0.2) is 0 Å². The first kappa shape index (κ1) is 15.5. The number of nitrogens with zero attached hydrogens (tertiary/aromatic N) is 3. The SMILES string of the molecule is CCCc1nsc(NCC2CCN(CC(F)(F)F)C2)n1. The van der Waals surface area contributed by atoms with Gasteiger partial charge in [-0.2, -0.15) is 17.5 Å². The van der Waals surface area contributed by atoms with Crippen LogP contribution < -0.4 is 5.32 Å². The number of halogens is 3. The van der Waals surface area contributed by atoms with Gasteiger partial charge < -0.3 is 5.32 Å². The highest BCUT2D eigenvalue weighted by Crippen LogP contribution is 2.23. The summed E-state index contributed by atoms with van der Waals surface area (Å²) < 4.78 is 41.1. The van der Waals surface area contributed by atoms with E-state index in [2.05, 4.69) is 21.6 Å². The number of hydrogen-bond donors (Lipinski definition) is 1. The second-order valence-electron chi connectivity index (χ2n) is 5.15. The summed E-state index contributed by atoms with van der Waals surface area (Å²) in [6.45, 7) is 2.94. The number of anilines is 1. The lowest BCUT2D eigenvalue weighted by atomic mass is 10.1. The van der Waals surface area contributed by atoms with E-state index in [0.29, 0.717) is 19.6 Å². The Kier molecular flexibility index (Phi) is 5.20. The van der Waals surface area contributed by atoms with Gasteiger partial charge in [-0.15, -0.1) is 0 Å². The van der Waals surface area contributed by atoms with Crippen LogP contribution >= 0.6 is 11.5 Å². The minimum absolute atomic E-state index is 0.246. The van der Waals surface area contributed by atoms with Crippen molar-refractivity contribution in [2.45, 2.75) is 32.4 Å². The van der Waals surface area contributed by atoms with E-state index in [-0.39, 0.29) is 5.92 Å². The van der Waals surface area contributed by atoms with Crippen LogP contribution in [0.15, 0.2) is 0 Å². The second-order valence-corrected chi connectivity index (χ2v) is 5.90. The molecule has 0 aliphatic carbocycles. The molecule has 2 heterocycles. The molecule has 1 saturated heterocycles. The zero-order valence-corrected chi connectivity index (χ0v) is 12.2. The third kappa shape index (κ3) is 4.90. The van der Waals surface area contributed by atoms with Crippen molar-refractivity contribution in [3.8, 4) is 0 Å². The van der Waals surface area contributed by atoms with Gasteiger partial charge in [-0.05, 0) is 25.3 Å². The first-order valence-electron chi connectivity index (χ1n) is 6.82. The number of alkyl halides is 3. The number of aryl methyl sites for hydroxylation is 1. The average molecular weight is 308 g/mol. The van der Waals surface area contributed by atoms with Crippen LogP contribution in [-0.4, -0.2) is 46.6 Å². The van der Waals surface area contributed by atoms with E-state index < -0.39 is 12.7 Å². The fourth-order valence-corrected chi connectivity index (χ4v) is 2.98. The van der Waals surface area contributed by atoms with Gasteiger partial charge in [0.25, 0.3) is 0 Å². The largest absolute Gasteiger partial charge is 0.401 e. The van der Waals surface area contributed by atoms with Crippen molar-refractivity contribution >= 4 is 16.7 Å². The molecule has 4 nitrogen and oxygen atoms in total. The number of hydrogen-bond acceptors (Lipinski definition) is 5. The molecule has 1 aromatic rings. The van der Waals surface area contributed by atoms with Crippen LogP contribution in [0.1, 0.15) is 25.6 Å². The summed E-state index contributed by atoms with van der Waals surface area (Å²) in [7, 11) is 0. The topological polar surface area (TPSA) is 41.1 Å². The standard InChI is InChI=1S/C12H19F3N4S/c1-2-3-10-17-11(20-18-10)16-6-9-4-5-19(7-9)8-12(13,14)15/h9H,2-8H2,1H3,(H,16,17,18). The highest BCUT2D eigenvalue weighted by molar-refractivity contribution is 7.09. The molecule has 1 aliphatic heterocycles. The van der Waals surface area contributed by atoms with Crippen LogP contribution in [0.3, 0.4) is 0 Å². The monoisotopic (exact) mass is 308 g/mol. The molecule has 2 rings (SSSR count). The molecule has 1 fully saturated rings. The number of aromatic nitrogens is 2. The molecule has 1 aromatic heterocycles. The molecule has 0 radical (unpaired) electrons. The first-order valence-corrected chi connectivity index (χ1v) is 7.59. The van der Waals surface area contributed by atoms with Crippen molar-refractivity contribution in [3.05, 3.63) is 5.82 Å². The molecular formula is C12H19F3N4S. The van der Waals surface area contributed by atoms with Crippen LogP contribution in [0.2, 0.25) is 0 Å². The maximum atomic E-state index is 12.3. The molecule has 0 saturated carbocycles. The molecule has 1 unspecified atom stereocenters. The van der Waals surface area contributed by atoms with E-state index in [1.54, 1.807) is 0 Å². The van der Waals surface area contributed by atoms with E-state index in [1.165, 1.54) is 16.4 Å². The highest BCUT2D eigenvalue weighted by Gasteiger charge is 2.34. The Morgan fingerprint density at radius 3 is 2.95 bits per heavy atom. The van der Waals surface area contributed by atoms with E-state index in [1.807, 2.05) is 0 Å². The van der Waals surface area contributed by atoms with Gasteiger partial charge in [0.2, 0.25) is 5.13 Å². The third-order valence-electron chi connectivity index (χ3n) is 3.26. The molecule has 0 spiro atoms. The Morgan fingerprint density at radius 2 is 2.25 bits per heavy atom. The average Bonchev–Trinajstić information content (AvgIpc) is 2.94. The maximum absolute atomic E-state index is 12.3. The van der Waals surface area contributed by atoms with Crippen molar-refractivity contribution < 1.29 is 13.2 Å². The molecular weight excluding hydrogens is 289 g/mol. The Labute approximate surface area is 120 Å². The van der Waals surface area contributed by atoms with Crippen molar-refractivity contribution in [1.82, 2.24) is 14.3 Å². The van der Waals surface area contributed by atoms with Gasteiger partial charge in [0, 0.05) is 31.0 Å². The molecule has 0 bridgehead atoms. The van der Waals surface area contributed by atoms with Crippen LogP contribution in [0, 0.1) is 5.92 Å². The van der Waals surface area contributed by atoms with Gasteiger partial charge in [0.05, 0.1) is 6.54 Å². The summed E-state index contributed by atoms with van der Waals surface area (Å²) in [6, 6.07) is 0. The van der Waals surface area contributed by atoms with Crippen molar-refractivity contribution in [1.29, 1.82) is 0 Å². The third-order valence-corrected chi connectivity index (χ3v) is 3.97. The lowest BCUT2D eigenvalue weighted by molar-refractivity contribution is -0.143. The predicted octanol–water partition coefficient (Wildman–Crippen LogP) is 2.79. The van der Waals surface area contributed by atoms with Crippen LogP contribution in [-0.2, 0) is 6.42 Å². The molecule has 114 valence electrons. The summed E-state index contributed by atoms with van der Waals surface area (Å²) in [5.41, 5.74) is 0. The fourth-order valence-electron chi connectivity index (χ4n) is 2.36. The van der Waals surface area contributed by atoms with Gasteiger partial charge in [-0.3, -0.25) is 4.90 Å². The van der Waals surface area contributed by atoms with Crippen molar-refractivity contribution in [3.63, 3.8) is 0 Å². The van der Waals surface area contributed by atoms with Crippen molar-refractivity contribution in [2.24, 2.45) is 5.92 Å². The Hall–Kier alpha value is -0.890. The van der Waals surface area contributed by atoms with Gasteiger partial charge in [-0.1, -0.05) is 6.92 Å². The zero-order chi connectivity index (χ0) is 14.6. The zero-order valence-electron chi connectivity index (χ0n) is 11.4. The summed E-state index contributed by atoms with van der Waals surface area (Å²) in [5, 5.41) is 3.95. The van der Waals surface area contributed by atoms with E-state index in [0.717, 1.165) is 30.2 Å². The lowest BCUT2D eigenvalue weighted by Crippen LogP contribution is -2.33. The van der Waals surface area contributed by atoms with E-state index >= 15 is 0 Å². The minimum Gasteiger partial charge on any atom is -0.360 e. The van der Waals surface area contributed by atoms with Gasteiger partial charge in [0.1, 0.15) is 5.82 Å². The predicted molar refractivity (Wildman–Crippen MR) is 73.0 cm³/mol. The summed E-state index contributed by atoms with van der Waals surface area (Å²) in [4.78, 5) is 5.81. The van der Waals surface area contributed by atoms with E-state index in [9.17, 15) is 13.2 Å². The second kappa shape index (κ2) is 6.71. The summed E-state index contributed by atoms with van der Waals surface area (Å²) in [5.74, 6) is 1.08. The lowest BCUT2D eigenvalue weighted by Gasteiger charge is -2.17. The minimum atomic E-state index is -4.10. The van der Waals surface area contributed by atoms with Crippen LogP contribution in [0.4, 0.5) is 18.3 Å². The Balaban J connectivity index is 1.72.